The second-order valence-electron chi connectivity index (χ2n) is 2.76. The minimum Gasteiger partial charge on any atom is -0.241 e. The van der Waals surface area contributed by atoms with Gasteiger partial charge in [0.2, 0.25) is 0 Å². The van der Waals surface area contributed by atoms with Crippen LogP contribution in [0.1, 0.15) is 5.56 Å². The van der Waals surface area contributed by atoms with E-state index in [1.807, 2.05) is 37.0 Å². The highest BCUT2D eigenvalue weighted by molar-refractivity contribution is 6.36. The Bertz CT molecular complexity index is 314. The van der Waals surface area contributed by atoms with Crippen molar-refractivity contribution in [2.45, 2.75) is 0 Å². The van der Waals surface area contributed by atoms with Crippen LogP contribution in [0.5, 0.6) is 0 Å². The average molecular weight is 203 g/mol. The van der Waals surface area contributed by atoms with Crippen LogP contribution in [-0.4, -0.2) is 24.9 Å². The third kappa shape index (κ3) is 2.50. The summed E-state index contributed by atoms with van der Waals surface area (Å²) in [5.74, 6) is 0. The van der Waals surface area contributed by atoms with Crippen LogP contribution in [0.3, 0.4) is 0 Å². The fourth-order valence-electron chi connectivity index (χ4n) is 0.884. The summed E-state index contributed by atoms with van der Waals surface area (Å²) < 4.78 is 1.94. The molecule has 0 amide bonds. The number of benzene rings is 1. The van der Waals surface area contributed by atoms with E-state index in [1.54, 1.807) is 6.07 Å². The Morgan fingerprint density at radius 1 is 1.25 bits per heavy atom. The molecule has 3 heteroatoms. The molecule has 1 nitrogen and oxygen atoms in total. The van der Waals surface area contributed by atoms with Crippen LogP contribution in [-0.2, 0) is 0 Å². The zero-order valence-corrected chi connectivity index (χ0v) is 8.52. The van der Waals surface area contributed by atoms with Crippen molar-refractivity contribution >= 4 is 29.4 Å². The smallest absolute Gasteiger partial charge is 0.171 e. The van der Waals surface area contributed by atoms with Crippen molar-refractivity contribution in [2.24, 2.45) is 0 Å². The van der Waals surface area contributed by atoms with Gasteiger partial charge in [-0.3, -0.25) is 0 Å². The zero-order valence-electron chi connectivity index (χ0n) is 7.01. The van der Waals surface area contributed by atoms with Crippen LogP contribution in [0.25, 0.3) is 0 Å². The lowest BCUT2D eigenvalue weighted by Gasteiger charge is -1.95. The Morgan fingerprint density at radius 2 is 1.92 bits per heavy atom. The third-order valence-electron chi connectivity index (χ3n) is 1.36. The molecule has 1 aromatic carbocycles. The number of hydrogen-bond acceptors (Lipinski definition) is 0. The number of hydrogen-bond donors (Lipinski definition) is 0. The molecule has 0 fully saturated rings. The van der Waals surface area contributed by atoms with Crippen molar-refractivity contribution in [1.29, 1.82) is 0 Å². The number of rotatable bonds is 1. The van der Waals surface area contributed by atoms with E-state index >= 15 is 0 Å². The van der Waals surface area contributed by atoms with Gasteiger partial charge in [0, 0.05) is 5.02 Å². The van der Waals surface area contributed by atoms with Gasteiger partial charge >= 0.3 is 0 Å². The quantitative estimate of drug-likeness (QED) is 0.487. The summed E-state index contributed by atoms with van der Waals surface area (Å²) in [6.45, 7) is 0. The van der Waals surface area contributed by atoms with Gasteiger partial charge in [0.25, 0.3) is 0 Å². The monoisotopic (exact) mass is 202 g/mol. The second-order valence-corrected chi connectivity index (χ2v) is 3.60. The molecule has 0 saturated heterocycles. The lowest BCUT2D eigenvalue weighted by atomic mass is 10.2. The minimum absolute atomic E-state index is 0.663. The Hall–Kier alpha value is -0.530. The van der Waals surface area contributed by atoms with Crippen molar-refractivity contribution in [1.82, 2.24) is 0 Å². The van der Waals surface area contributed by atoms with Crippen LogP contribution < -0.4 is 0 Å². The second kappa shape index (κ2) is 3.92. The van der Waals surface area contributed by atoms with Crippen molar-refractivity contribution < 1.29 is 4.58 Å². The molecule has 1 rings (SSSR count). The molecule has 0 aromatic heterocycles. The van der Waals surface area contributed by atoms with Gasteiger partial charge in [-0.05, 0) is 18.2 Å². The summed E-state index contributed by atoms with van der Waals surface area (Å²) in [6, 6.07) is 5.45. The molecule has 0 unspecified atom stereocenters. The topological polar surface area (TPSA) is 3.01 Å². The van der Waals surface area contributed by atoms with Gasteiger partial charge in [0.15, 0.2) is 6.21 Å². The summed E-state index contributed by atoms with van der Waals surface area (Å²) in [5, 5.41) is 1.34. The molecule has 0 bridgehead atoms. The van der Waals surface area contributed by atoms with Gasteiger partial charge < -0.3 is 0 Å². The van der Waals surface area contributed by atoms with E-state index in [2.05, 4.69) is 0 Å². The molecule has 64 valence electrons. The number of nitrogens with zero attached hydrogens (tertiary/aromatic N) is 1. The molecule has 12 heavy (non-hydrogen) atoms. The molecule has 0 atom stereocenters. The lowest BCUT2D eigenvalue weighted by molar-refractivity contribution is -0.458. The molecule has 0 radical (unpaired) electrons. The average Bonchev–Trinajstić information content (AvgIpc) is 1.94. The van der Waals surface area contributed by atoms with Crippen molar-refractivity contribution in [3.8, 4) is 0 Å². The van der Waals surface area contributed by atoms with Gasteiger partial charge in [-0.25, -0.2) is 4.58 Å². The highest BCUT2D eigenvalue weighted by atomic mass is 35.5. The SMILES string of the molecule is C[N+](C)=Cc1ccc(Cl)cc1Cl. The summed E-state index contributed by atoms with van der Waals surface area (Å²) in [4.78, 5) is 0. The summed E-state index contributed by atoms with van der Waals surface area (Å²) in [5.41, 5.74) is 0.978. The Kier molecular flexibility index (Phi) is 3.12. The Balaban J connectivity index is 3.10. The normalized spacial score (nSPS) is 9.67. The standard InChI is InChI=1S/C9H10Cl2N/c1-12(2)6-7-3-4-8(10)5-9(7)11/h3-6H,1-2H3/q+1. The highest BCUT2D eigenvalue weighted by Crippen LogP contribution is 2.19. The van der Waals surface area contributed by atoms with Crippen molar-refractivity contribution in [3.63, 3.8) is 0 Å². The van der Waals surface area contributed by atoms with E-state index in [0.717, 1.165) is 5.56 Å². The Morgan fingerprint density at radius 3 is 2.42 bits per heavy atom. The largest absolute Gasteiger partial charge is 0.241 e. The molecule has 1 aromatic rings. The van der Waals surface area contributed by atoms with Crippen LogP contribution in [0.4, 0.5) is 0 Å². The van der Waals surface area contributed by atoms with Gasteiger partial charge in [0.1, 0.15) is 14.1 Å². The fourth-order valence-corrected chi connectivity index (χ4v) is 1.34. The van der Waals surface area contributed by atoms with E-state index in [1.165, 1.54) is 0 Å². The molecule has 0 aliphatic heterocycles. The first-order chi connectivity index (χ1) is 5.59. The molecule has 0 saturated carbocycles. The third-order valence-corrected chi connectivity index (χ3v) is 1.92. The summed E-state index contributed by atoms with van der Waals surface area (Å²) >= 11 is 11.7. The fraction of sp³-hybridized carbons (Fsp3) is 0.222. The molecule has 0 N–H and O–H groups in total. The first-order valence-corrected chi connectivity index (χ1v) is 4.31. The van der Waals surface area contributed by atoms with E-state index in [9.17, 15) is 0 Å². The van der Waals surface area contributed by atoms with Gasteiger partial charge in [-0.1, -0.05) is 23.2 Å². The predicted octanol–water partition coefficient (Wildman–Crippen LogP) is 2.68. The first-order valence-electron chi connectivity index (χ1n) is 3.56. The van der Waals surface area contributed by atoms with E-state index < -0.39 is 0 Å². The van der Waals surface area contributed by atoms with Gasteiger partial charge in [-0.15, -0.1) is 0 Å². The molecular weight excluding hydrogens is 193 g/mol. The number of halogens is 2. The van der Waals surface area contributed by atoms with Crippen LogP contribution in [0.2, 0.25) is 10.0 Å². The van der Waals surface area contributed by atoms with Gasteiger partial charge in [-0.2, -0.15) is 0 Å². The predicted molar refractivity (Wildman–Crippen MR) is 53.7 cm³/mol. The van der Waals surface area contributed by atoms with Crippen molar-refractivity contribution in [2.75, 3.05) is 14.1 Å². The maximum absolute atomic E-state index is 5.93. The van der Waals surface area contributed by atoms with Crippen LogP contribution in [0.15, 0.2) is 18.2 Å². The highest BCUT2D eigenvalue weighted by Gasteiger charge is 2.00. The maximum atomic E-state index is 5.93. The van der Waals surface area contributed by atoms with Crippen LogP contribution in [0, 0.1) is 0 Å². The molecule has 0 heterocycles. The molecule has 0 aliphatic carbocycles. The van der Waals surface area contributed by atoms with E-state index in [-0.39, 0.29) is 0 Å². The molecule has 0 aliphatic rings. The minimum atomic E-state index is 0.663. The Labute approximate surface area is 82.2 Å². The van der Waals surface area contributed by atoms with Crippen LogP contribution >= 0.6 is 23.2 Å². The molecule has 0 spiro atoms. The van der Waals surface area contributed by atoms with E-state index in [0.29, 0.717) is 10.0 Å². The lowest BCUT2D eigenvalue weighted by Crippen LogP contribution is -1.99. The summed E-state index contributed by atoms with van der Waals surface area (Å²) in [6.07, 6.45) is 1.94. The summed E-state index contributed by atoms with van der Waals surface area (Å²) in [7, 11) is 3.90. The van der Waals surface area contributed by atoms with E-state index in [4.69, 9.17) is 23.2 Å². The first kappa shape index (κ1) is 9.56. The van der Waals surface area contributed by atoms with Crippen molar-refractivity contribution in [3.05, 3.63) is 33.8 Å². The van der Waals surface area contributed by atoms with Gasteiger partial charge in [0.05, 0.1) is 10.6 Å². The zero-order chi connectivity index (χ0) is 9.14. The maximum Gasteiger partial charge on any atom is 0.171 e. The molecular formula is C9H10Cl2N+.